The van der Waals surface area contributed by atoms with Gasteiger partial charge in [-0.25, -0.2) is 13.1 Å². The van der Waals surface area contributed by atoms with Crippen LogP contribution < -0.4 is 4.72 Å². The van der Waals surface area contributed by atoms with Crippen LogP contribution in [0, 0.1) is 0 Å². The van der Waals surface area contributed by atoms with E-state index in [2.05, 4.69) is 4.72 Å². The van der Waals surface area contributed by atoms with Crippen molar-refractivity contribution in [1.29, 1.82) is 0 Å². The summed E-state index contributed by atoms with van der Waals surface area (Å²) in [5, 5.41) is 1.85. The van der Waals surface area contributed by atoms with Gasteiger partial charge in [0.25, 0.3) is 0 Å². The highest BCUT2D eigenvalue weighted by Gasteiger charge is 2.32. The Hall–Kier alpha value is -2.10. The molecule has 2 heterocycles. The topological polar surface area (TPSA) is 59.3 Å². The van der Waals surface area contributed by atoms with E-state index in [0.717, 1.165) is 23.1 Å². The Morgan fingerprint density at radius 2 is 1.92 bits per heavy atom. The van der Waals surface area contributed by atoms with E-state index in [1.165, 1.54) is 17.6 Å². The third kappa shape index (κ3) is 4.17. The maximum Gasteiger partial charge on any atom is 0.416 e. The molecule has 0 fully saturated rings. The number of rotatable bonds is 6. The standard InChI is InChI=1S/C17H14F3NO3S2/c18-17(19,20)12-4-1-5-13(10-12)26(22,23)21-11-14(15-6-2-8-24-15)16-7-3-9-25-16/h1-10,14,21H,11H2/t14-/m1/s1. The molecule has 138 valence electrons. The largest absolute Gasteiger partial charge is 0.469 e. The first-order valence-electron chi connectivity index (χ1n) is 7.51. The lowest BCUT2D eigenvalue weighted by atomic mass is 10.1. The first kappa shape index (κ1) is 18.7. The molecule has 0 saturated carbocycles. The van der Waals surface area contributed by atoms with Crippen LogP contribution in [0.25, 0.3) is 0 Å². The molecule has 0 spiro atoms. The SMILES string of the molecule is O=S(=O)(NC[C@H](c1ccco1)c1cccs1)c1cccc(C(F)(F)F)c1. The van der Waals surface area contributed by atoms with Crippen molar-refractivity contribution in [1.82, 2.24) is 4.72 Å². The summed E-state index contributed by atoms with van der Waals surface area (Å²) in [4.78, 5) is 0.448. The van der Waals surface area contributed by atoms with Crippen LogP contribution in [0.4, 0.5) is 13.2 Å². The van der Waals surface area contributed by atoms with Gasteiger partial charge in [0, 0.05) is 11.4 Å². The van der Waals surface area contributed by atoms with Gasteiger partial charge < -0.3 is 4.42 Å². The zero-order chi connectivity index (χ0) is 18.8. The van der Waals surface area contributed by atoms with Crippen molar-refractivity contribution in [2.75, 3.05) is 6.54 Å². The lowest BCUT2D eigenvalue weighted by Gasteiger charge is -2.15. The van der Waals surface area contributed by atoms with Gasteiger partial charge in [-0.2, -0.15) is 13.2 Å². The third-order valence-corrected chi connectivity index (χ3v) is 6.13. The smallest absolute Gasteiger partial charge is 0.416 e. The molecular weight excluding hydrogens is 387 g/mol. The molecule has 9 heteroatoms. The molecule has 3 aromatic rings. The van der Waals surface area contributed by atoms with Gasteiger partial charge >= 0.3 is 6.18 Å². The molecule has 1 atom stereocenters. The second-order valence-electron chi connectivity index (χ2n) is 5.46. The Labute approximate surface area is 152 Å². The van der Waals surface area contributed by atoms with Crippen molar-refractivity contribution < 1.29 is 26.0 Å². The molecule has 0 aliphatic carbocycles. The molecular formula is C17H14F3NO3S2. The minimum atomic E-state index is -4.61. The molecule has 0 unspecified atom stereocenters. The second kappa shape index (κ2) is 7.26. The molecule has 1 aromatic carbocycles. The maximum absolute atomic E-state index is 12.8. The molecule has 0 radical (unpaired) electrons. The van der Waals surface area contributed by atoms with E-state index >= 15 is 0 Å². The summed E-state index contributed by atoms with van der Waals surface area (Å²) in [6.07, 6.45) is -3.13. The van der Waals surface area contributed by atoms with Crippen molar-refractivity contribution in [2.24, 2.45) is 0 Å². The van der Waals surface area contributed by atoms with Crippen molar-refractivity contribution >= 4 is 21.4 Å². The Morgan fingerprint density at radius 3 is 2.54 bits per heavy atom. The monoisotopic (exact) mass is 401 g/mol. The first-order valence-corrected chi connectivity index (χ1v) is 9.87. The van der Waals surface area contributed by atoms with Crippen LogP contribution in [0.3, 0.4) is 0 Å². The summed E-state index contributed by atoms with van der Waals surface area (Å²) in [6, 6.07) is 10.7. The third-order valence-electron chi connectivity index (χ3n) is 3.72. The number of benzene rings is 1. The van der Waals surface area contributed by atoms with Crippen LogP contribution in [0.5, 0.6) is 0 Å². The van der Waals surface area contributed by atoms with Crippen molar-refractivity contribution in [3.63, 3.8) is 0 Å². The average Bonchev–Trinajstić information content (AvgIpc) is 3.28. The zero-order valence-corrected chi connectivity index (χ0v) is 14.9. The Morgan fingerprint density at radius 1 is 1.12 bits per heavy atom. The van der Waals surface area contributed by atoms with Crippen LogP contribution >= 0.6 is 11.3 Å². The molecule has 3 rings (SSSR count). The lowest BCUT2D eigenvalue weighted by Crippen LogP contribution is -2.29. The van der Waals surface area contributed by atoms with Gasteiger partial charge in [-0.15, -0.1) is 11.3 Å². The fraction of sp³-hybridized carbons (Fsp3) is 0.176. The number of hydrogen-bond donors (Lipinski definition) is 1. The van der Waals surface area contributed by atoms with E-state index in [1.54, 1.807) is 12.1 Å². The van der Waals surface area contributed by atoms with Gasteiger partial charge in [0.1, 0.15) is 5.76 Å². The Bertz CT molecular complexity index is 915. The van der Waals surface area contributed by atoms with E-state index in [-0.39, 0.29) is 12.5 Å². The lowest BCUT2D eigenvalue weighted by molar-refractivity contribution is -0.137. The predicted octanol–water partition coefficient (Wildman–Crippen LogP) is 4.47. The maximum atomic E-state index is 12.8. The fourth-order valence-corrected chi connectivity index (χ4v) is 4.36. The predicted molar refractivity (Wildman–Crippen MR) is 91.5 cm³/mol. The number of alkyl halides is 3. The van der Waals surface area contributed by atoms with Crippen molar-refractivity contribution in [3.05, 3.63) is 76.4 Å². The fourth-order valence-electron chi connectivity index (χ4n) is 2.44. The van der Waals surface area contributed by atoms with Crippen LogP contribution in [-0.2, 0) is 16.2 Å². The van der Waals surface area contributed by atoms with Crippen molar-refractivity contribution in [2.45, 2.75) is 17.0 Å². The van der Waals surface area contributed by atoms with E-state index in [1.807, 2.05) is 17.5 Å². The Balaban J connectivity index is 1.83. The molecule has 1 N–H and O–H groups in total. The molecule has 0 aliphatic rings. The van der Waals surface area contributed by atoms with Crippen LogP contribution in [0.1, 0.15) is 22.1 Å². The molecule has 0 bridgehead atoms. The zero-order valence-electron chi connectivity index (χ0n) is 13.2. The van der Waals surface area contributed by atoms with Gasteiger partial charge in [-0.05, 0) is 41.8 Å². The normalized spacial score (nSPS) is 13.7. The number of hydrogen-bond acceptors (Lipinski definition) is 4. The molecule has 0 aliphatic heterocycles. The van der Waals surface area contributed by atoms with Gasteiger partial charge in [0.2, 0.25) is 10.0 Å². The minimum Gasteiger partial charge on any atom is -0.469 e. The number of sulfonamides is 1. The van der Waals surface area contributed by atoms with Gasteiger partial charge in [-0.1, -0.05) is 12.1 Å². The second-order valence-corrected chi connectivity index (χ2v) is 8.21. The minimum absolute atomic E-state index is 0.0351. The summed E-state index contributed by atoms with van der Waals surface area (Å²) in [5.74, 6) is 0.199. The summed E-state index contributed by atoms with van der Waals surface area (Å²) >= 11 is 1.44. The van der Waals surface area contributed by atoms with Crippen LogP contribution in [0.2, 0.25) is 0 Å². The van der Waals surface area contributed by atoms with Gasteiger partial charge in [0.15, 0.2) is 0 Å². The molecule has 4 nitrogen and oxygen atoms in total. The summed E-state index contributed by atoms with van der Waals surface area (Å²) in [7, 11) is -4.11. The molecule has 0 saturated heterocycles. The average molecular weight is 401 g/mol. The number of furan rings is 1. The molecule has 0 amide bonds. The number of nitrogens with one attached hydrogen (secondary N) is 1. The number of halogens is 3. The van der Waals surface area contributed by atoms with E-state index < -0.39 is 26.7 Å². The highest BCUT2D eigenvalue weighted by atomic mass is 32.2. The summed E-state index contributed by atoms with van der Waals surface area (Å²) in [5.41, 5.74) is -1.01. The Kier molecular flexibility index (Phi) is 5.22. The van der Waals surface area contributed by atoms with Crippen molar-refractivity contribution in [3.8, 4) is 0 Å². The first-order chi connectivity index (χ1) is 12.3. The van der Waals surface area contributed by atoms with Crippen LogP contribution in [0.15, 0.2) is 69.5 Å². The highest BCUT2D eigenvalue weighted by Crippen LogP contribution is 2.31. The summed E-state index contributed by atoms with van der Waals surface area (Å²) < 4.78 is 71.1. The quantitative estimate of drug-likeness (QED) is 0.663. The van der Waals surface area contributed by atoms with Gasteiger partial charge in [0.05, 0.1) is 22.6 Å². The van der Waals surface area contributed by atoms with Gasteiger partial charge in [-0.3, -0.25) is 0 Å². The van der Waals surface area contributed by atoms with E-state index in [0.29, 0.717) is 11.8 Å². The van der Waals surface area contributed by atoms with E-state index in [4.69, 9.17) is 4.42 Å². The number of thiophene rings is 1. The molecule has 2 aromatic heterocycles. The molecule has 26 heavy (non-hydrogen) atoms. The van der Waals surface area contributed by atoms with E-state index in [9.17, 15) is 21.6 Å². The highest BCUT2D eigenvalue weighted by molar-refractivity contribution is 7.89. The van der Waals surface area contributed by atoms with Crippen LogP contribution in [-0.4, -0.2) is 15.0 Å². The summed E-state index contributed by atoms with van der Waals surface area (Å²) in [6.45, 7) is -0.0351.